The first-order valence-corrected chi connectivity index (χ1v) is 11.9. The van der Waals surface area contributed by atoms with Crippen LogP contribution in [0.3, 0.4) is 0 Å². The predicted octanol–water partition coefficient (Wildman–Crippen LogP) is 1.82. The van der Waals surface area contributed by atoms with E-state index >= 15 is 0 Å². The number of thioether (sulfide) groups is 1. The van der Waals surface area contributed by atoms with E-state index in [1.807, 2.05) is 35.8 Å². The maximum Gasteiger partial charge on any atom is 0.332 e. The molecule has 4 heterocycles. The average molecular weight is 454 g/mol. The van der Waals surface area contributed by atoms with Crippen LogP contribution in [0.15, 0.2) is 38.8 Å². The predicted molar refractivity (Wildman–Crippen MR) is 129 cm³/mol. The van der Waals surface area contributed by atoms with E-state index in [1.54, 1.807) is 18.8 Å². The molecule has 168 valence electrons. The fourth-order valence-electron chi connectivity index (χ4n) is 4.52. The highest BCUT2D eigenvalue weighted by atomic mass is 32.2. The summed E-state index contributed by atoms with van der Waals surface area (Å²) in [6, 6.07) is 8.03. The van der Waals surface area contributed by atoms with Gasteiger partial charge in [0.1, 0.15) is 0 Å². The van der Waals surface area contributed by atoms with Crippen molar-refractivity contribution in [3.05, 3.63) is 50.7 Å². The van der Waals surface area contributed by atoms with Gasteiger partial charge in [0.25, 0.3) is 5.56 Å². The van der Waals surface area contributed by atoms with Gasteiger partial charge in [0.05, 0.1) is 17.3 Å². The molecule has 1 atom stereocenters. The third-order valence-corrected chi connectivity index (χ3v) is 7.20. The molecule has 2 N–H and O–H groups in total. The Hall–Kier alpha value is -2.85. The second-order valence-electron chi connectivity index (χ2n) is 8.33. The van der Waals surface area contributed by atoms with Crippen LogP contribution in [0.5, 0.6) is 0 Å². The van der Waals surface area contributed by atoms with Crippen LogP contribution in [0.25, 0.3) is 11.2 Å². The Balaban J connectivity index is 1.61. The van der Waals surface area contributed by atoms with Gasteiger partial charge in [-0.3, -0.25) is 13.9 Å². The summed E-state index contributed by atoms with van der Waals surface area (Å²) in [4.78, 5) is 38.2. The number of hydrogen-bond acceptors (Lipinski definition) is 7. The number of fused-ring (bicyclic) bond motifs is 2. The first-order valence-electron chi connectivity index (χ1n) is 11.0. The summed E-state index contributed by atoms with van der Waals surface area (Å²) in [6.45, 7) is 4.25. The summed E-state index contributed by atoms with van der Waals surface area (Å²) in [7, 11) is 1.67. The number of hydrogen-bond donors (Lipinski definition) is 1. The third kappa shape index (κ3) is 3.47. The number of aryl methyl sites for hydroxylation is 2. The van der Waals surface area contributed by atoms with Gasteiger partial charge >= 0.3 is 5.69 Å². The number of nitrogens with zero attached hydrogens (tertiary/aromatic N) is 6. The number of para-hydroxylation sites is 1. The van der Waals surface area contributed by atoms with E-state index in [4.69, 9.17) is 10.7 Å². The number of aliphatic imine (C=N–C) groups is 1. The molecule has 0 saturated carbocycles. The molecule has 2 aliphatic heterocycles. The van der Waals surface area contributed by atoms with Crippen molar-refractivity contribution in [1.29, 1.82) is 0 Å². The number of piperidine rings is 1. The molecule has 10 heteroatoms. The zero-order valence-electron chi connectivity index (χ0n) is 18.3. The molecule has 0 aliphatic carbocycles. The molecule has 5 rings (SSSR count). The molecule has 0 spiro atoms. The van der Waals surface area contributed by atoms with E-state index < -0.39 is 0 Å². The normalized spacial score (nSPS) is 18.7. The highest BCUT2D eigenvalue weighted by Crippen LogP contribution is 2.31. The zero-order valence-corrected chi connectivity index (χ0v) is 19.1. The van der Waals surface area contributed by atoms with E-state index in [2.05, 4.69) is 9.89 Å². The van der Waals surface area contributed by atoms with Gasteiger partial charge in [-0.25, -0.2) is 9.79 Å². The average Bonchev–Trinajstić information content (AvgIpc) is 3.20. The van der Waals surface area contributed by atoms with E-state index in [1.165, 1.54) is 9.13 Å². The molecule has 1 aromatic carbocycles. The quantitative estimate of drug-likeness (QED) is 0.646. The molecule has 9 nitrogen and oxygen atoms in total. The molecule has 1 saturated heterocycles. The fraction of sp³-hybridized carbons (Fsp3) is 0.455. The maximum atomic E-state index is 13.5. The van der Waals surface area contributed by atoms with Gasteiger partial charge in [-0.1, -0.05) is 18.2 Å². The van der Waals surface area contributed by atoms with Gasteiger partial charge in [0, 0.05) is 38.5 Å². The number of nitrogens with two attached hydrogens (primary N) is 1. The van der Waals surface area contributed by atoms with E-state index in [0.717, 1.165) is 41.4 Å². The largest absolute Gasteiger partial charge is 0.341 e. The van der Waals surface area contributed by atoms with Gasteiger partial charge in [0.2, 0.25) is 5.95 Å². The van der Waals surface area contributed by atoms with Crippen LogP contribution in [0.4, 0.5) is 11.6 Å². The van der Waals surface area contributed by atoms with Crippen molar-refractivity contribution in [3.8, 4) is 0 Å². The van der Waals surface area contributed by atoms with Crippen molar-refractivity contribution >= 4 is 39.6 Å². The highest BCUT2D eigenvalue weighted by Gasteiger charge is 2.26. The highest BCUT2D eigenvalue weighted by molar-refractivity contribution is 8.13. The molecule has 0 amide bonds. The minimum absolute atomic E-state index is 0.0820. The first kappa shape index (κ1) is 21.0. The molecular formula is C22H27N7O2S. The molecule has 0 radical (unpaired) electrons. The Labute approximate surface area is 189 Å². The van der Waals surface area contributed by atoms with E-state index in [-0.39, 0.29) is 23.8 Å². The Morgan fingerprint density at radius 1 is 1.22 bits per heavy atom. The van der Waals surface area contributed by atoms with Crippen molar-refractivity contribution in [1.82, 2.24) is 18.7 Å². The van der Waals surface area contributed by atoms with Crippen LogP contribution < -0.4 is 21.9 Å². The van der Waals surface area contributed by atoms with Crippen LogP contribution in [-0.2, 0) is 25.9 Å². The lowest BCUT2D eigenvalue weighted by Gasteiger charge is -2.31. The van der Waals surface area contributed by atoms with Crippen molar-refractivity contribution in [3.63, 3.8) is 0 Å². The topological polar surface area (TPSA) is 103 Å². The third-order valence-electron chi connectivity index (χ3n) is 6.19. The van der Waals surface area contributed by atoms with Crippen molar-refractivity contribution in [2.75, 3.05) is 18.0 Å². The molecule has 0 bridgehead atoms. The number of rotatable bonds is 4. The smallest absolute Gasteiger partial charge is 0.332 e. The second kappa shape index (κ2) is 8.25. The van der Waals surface area contributed by atoms with Gasteiger partial charge < -0.3 is 15.2 Å². The lowest BCUT2D eigenvalue weighted by Crippen LogP contribution is -2.44. The van der Waals surface area contributed by atoms with E-state index in [0.29, 0.717) is 30.2 Å². The van der Waals surface area contributed by atoms with Crippen LogP contribution in [0.1, 0.15) is 25.3 Å². The zero-order chi connectivity index (χ0) is 22.4. The van der Waals surface area contributed by atoms with Gasteiger partial charge in [0.15, 0.2) is 11.2 Å². The SMILES string of the molecule is CCn1c(N2CCCC(N)C2)nc2c1c(=O)n(CC1=Nc3ccccc3CS1)c(=O)n2C. The second-order valence-corrected chi connectivity index (χ2v) is 9.38. The Morgan fingerprint density at radius 2 is 2.03 bits per heavy atom. The summed E-state index contributed by atoms with van der Waals surface area (Å²) in [5.74, 6) is 1.49. The summed E-state index contributed by atoms with van der Waals surface area (Å²) < 4.78 is 4.66. The van der Waals surface area contributed by atoms with Crippen LogP contribution >= 0.6 is 11.8 Å². The monoisotopic (exact) mass is 453 g/mol. The van der Waals surface area contributed by atoms with Crippen LogP contribution in [-0.4, -0.2) is 42.9 Å². The minimum Gasteiger partial charge on any atom is -0.341 e. The summed E-state index contributed by atoms with van der Waals surface area (Å²) in [6.07, 6.45) is 1.97. The summed E-state index contributed by atoms with van der Waals surface area (Å²) >= 11 is 1.57. The molecule has 32 heavy (non-hydrogen) atoms. The van der Waals surface area contributed by atoms with Gasteiger partial charge in [-0.15, -0.1) is 11.8 Å². The summed E-state index contributed by atoms with van der Waals surface area (Å²) in [5.41, 5.74) is 8.39. The minimum atomic E-state index is -0.382. The van der Waals surface area contributed by atoms with Gasteiger partial charge in [-0.2, -0.15) is 4.98 Å². The van der Waals surface area contributed by atoms with Crippen LogP contribution in [0.2, 0.25) is 0 Å². The molecule has 1 unspecified atom stereocenters. The lowest BCUT2D eigenvalue weighted by molar-refractivity contribution is 0.494. The molecular weight excluding hydrogens is 426 g/mol. The fourth-order valence-corrected chi connectivity index (χ4v) is 5.47. The van der Waals surface area contributed by atoms with Crippen molar-refractivity contribution in [2.24, 2.45) is 17.8 Å². The van der Waals surface area contributed by atoms with Crippen LogP contribution in [0, 0.1) is 0 Å². The Morgan fingerprint density at radius 3 is 2.81 bits per heavy atom. The lowest BCUT2D eigenvalue weighted by atomic mass is 10.1. The molecule has 2 aromatic heterocycles. The number of imidazole rings is 1. The molecule has 2 aliphatic rings. The van der Waals surface area contributed by atoms with Crippen molar-refractivity contribution < 1.29 is 0 Å². The van der Waals surface area contributed by atoms with E-state index in [9.17, 15) is 9.59 Å². The number of anilines is 1. The number of aromatic nitrogens is 4. The first-order chi connectivity index (χ1) is 15.5. The molecule has 3 aromatic rings. The standard InChI is InChI=1S/C22H27N7O2S/c1-3-28-18-19(25-21(28)27-10-6-8-15(23)11-27)26(2)22(31)29(20(18)30)12-17-24-16-9-5-4-7-14(16)13-32-17/h4-5,7,9,15H,3,6,8,10-13,23H2,1-2H3. The summed E-state index contributed by atoms with van der Waals surface area (Å²) in [5, 5.41) is 0.757. The number of benzene rings is 1. The van der Waals surface area contributed by atoms with Gasteiger partial charge in [-0.05, 0) is 31.4 Å². The molecule has 1 fully saturated rings. The van der Waals surface area contributed by atoms with Crippen molar-refractivity contribution in [2.45, 2.75) is 44.6 Å². The maximum absolute atomic E-state index is 13.5. The Kier molecular flexibility index (Phi) is 5.42. The Bertz CT molecular complexity index is 1340.